The number of carboxylic acid groups (broad SMARTS) is 1. The minimum absolute atomic E-state index is 0.611. The smallest absolute Gasteiger partial charge is 0.411 e. The highest BCUT2D eigenvalue weighted by atomic mass is 16.6. The van der Waals surface area contributed by atoms with Gasteiger partial charge >= 0.3 is 12.1 Å². The zero-order valence-electron chi connectivity index (χ0n) is 11.7. The van der Waals surface area contributed by atoms with E-state index >= 15 is 0 Å². The molecule has 0 aromatic heterocycles. The molecule has 0 saturated carbocycles. The van der Waals surface area contributed by atoms with E-state index in [1.165, 1.54) is 11.8 Å². The number of ether oxygens (including phenoxy) is 1. The van der Waals surface area contributed by atoms with Crippen LogP contribution < -0.4 is 0 Å². The summed E-state index contributed by atoms with van der Waals surface area (Å²) in [5.41, 5.74) is -1.25. The molecule has 0 fully saturated rings. The minimum Gasteiger partial charge on any atom is -0.480 e. The van der Waals surface area contributed by atoms with Gasteiger partial charge in [0.2, 0.25) is 0 Å². The number of nitrogens with zero attached hydrogens (tertiary/aromatic N) is 1. The Kier molecular flexibility index (Phi) is 4.57. The number of hydrogen-bond donors (Lipinski definition) is 1. The molecule has 0 aromatic carbocycles. The van der Waals surface area contributed by atoms with Crippen LogP contribution in [0.3, 0.4) is 0 Å². The van der Waals surface area contributed by atoms with Crippen molar-refractivity contribution in [2.45, 2.75) is 65.6 Å². The van der Waals surface area contributed by atoms with Crippen molar-refractivity contribution in [3.63, 3.8) is 0 Å². The van der Waals surface area contributed by atoms with Crippen molar-refractivity contribution in [3.8, 4) is 0 Å². The molecule has 0 unspecified atom stereocenters. The maximum Gasteiger partial charge on any atom is 0.411 e. The quantitative estimate of drug-likeness (QED) is 0.811. The number of aliphatic carboxylic acids is 1. The first-order valence-corrected chi connectivity index (χ1v) is 5.61. The molecule has 0 saturated heterocycles. The topological polar surface area (TPSA) is 66.8 Å². The zero-order valence-corrected chi connectivity index (χ0v) is 11.7. The summed E-state index contributed by atoms with van der Waals surface area (Å²) in [4.78, 5) is 24.2. The first-order chi connectivity index (χ1) is 7.36. The highest BCUT2D eigenvalue weighted by molar-refractivity contribution is 5.80. The van der Waals surface area contributed by atoms with Crippen molar-refractivity contribution < 1.29 is 19.4 Å². The lowest BCUT2D eigenvalue weighted by Crippen LogP contribution is -2.54. The van der Waals surface area contributed by atoms with Crippen LogP contribution in [0.15, 0.2) is 0 Å². The van der Waals surface area contributed by atoms with Gasteiger partial charge in [-0.25, -0.2) is 9.59 Å². The predicted octanol–water partition coefficient (Wildman–Crippen LogP) is 2.50. The third-order valence-electron chi connectivity index (χ3n) is 2.06. The predicted molar refractivity (Wildman–Crippen MR) is 64.9 cm³/mol. The van der Waals surface area contributed by atoms with Crippen molar-refractivity contribution in [1.82, 2.24) is 4.90 Å². The molecule has 0 heterocycles. The van der Waals surface area contributed by atoms with E-state index in [-0.39, 0.29) is 0 Å². The third-order valence-corrected chi connectivity index (χ3v) is 2.06. The van der Waals surface area contributed by atoms with Gasteiger partial charge in [-0.1, -0.05) is 0 Å². The van der Waals surface area contributed by atoms with Gasteiger partial charge in [-0.3, -0.25) is 4.90 Å². The minimum atomic E-state index is -1.05. The van der Waals surface area contributed by atoms with E-state index in [1.54, 1.807) is 41.5 Å². The Morgan fingerprint density at radius 2 is 1.53 bits per heavy atom. The summed E-state index contributed by atoms with van der Waals surface area (Å²) in [6, 6.07) is -0.926. The summed E-state index contributed by atoms with van der Waals surface area (Å²) in [6.45, 7) is 12.0. The van der Waals surface area contributed by atoms with Crippen LogP contribution in [-0.4, -0.2) is 39.3 Å². The zero-order chi connectivity index (χ0) is 14.0. The first-order valence-electron chi connectivity index (χ1n) is 5.61. The van der Waals surface area contributed by atoms with Gasteiger partial charge in [-0.2, -0.15) is 0 Å². The van der Waals surface area contributed by atoms with Crippen LogP contribution in [0.5, 0.6) is 0 Å². The molecule has 100 valence electrons. The first kappa shape index (κ1) is 15.7. The van der Waals surface area contributed by atoms with Crippen molar-refractivity contribution in [3.05, 3.63) is 0 Å². The van der Waals surface area contributed by atoms with Crippen molar-refractivity contribution >= 4 is 12.1 Å². The Morgan fingerprint density at radius 1 is 1.12 bits per heavy atom. The summed E-state index contributed by atoms with van der Waals surface area (Å²) in [6.07, 6.45) is -0.611. The second-order valence-electron chi connectivity index (χ2n) is 6.04. The van der Waals surface area contributed by atoms with Gasteiger partial charge < -0.3 is 9.84 Å². The van der Waals surface area contributed by atoms with Crippen LogP contribution in [0, 0.1) is 0 Å². The Labute approximate surface area is 103 Å². The fraction of sp³-hybridized carbons (Fsp3) is 0.833. The molecule has 5 heteroatoms. The molecule has 17 heavy (non-hydrogen) atoms. The summed E-state index contributed by atoms with van der Waals surface area (Å²) >= 11 is 0. The van der Waals surface area contributed by atoms with E-state index in [0.717, 1.165) is 0 Å². The largest absolute Gasteiger partial charge is 0.480 e. The van der Waals surface area contributed by atoms with E-state index in [9.17, 15) is 9.59 Å². The molecule has 0 rings (SSSR count). The Hall–Kier alpha value is -1.26. The molecular formula is C12H23NO4. The van der Waals surface area contributed by atoms with Crippen molar-refractivity contribution in [1.29, 1.82) is 0 Å². The number of rotatable bonds is 2. The van der Waals surface area contributed by atoms with E-state index < -0.39 is 29.2 Å². The second-order valence-corrected chi connectivity index (χ2v) is 6.04. The fourth-order valence-corrected chi connectivity index (χ4v) is 1.43. The molecule has 1 N–H and O–H groups in total. The van der Waals surface area contributed by atoms with Crippen LogP contribution in [0.25, 0.3) is 0 Å². The van der Waals surface area contributed by atoms with E-state index in [1.807, 2.05) is 0 Å². The van der Waals surface area contributed by atoms with Crippen LogP contribution in [0.2, 0.25) is 0 Å². The molecule has 0 radical (unpaired) electrons. The monoisotopic (exact) mass is 245 g/mol. The van der Waals surface area contributed by atoms with Crippen LogP contribution in [-0.2, 0) is 9.53 Å². The summed E-state index contributed by atoms with van der Waals surface area (Å²) in [5, 5.41) is 9.01. The van der Waals surface area contributed by atoms with E-state index in [2.05, 4.69) is 0 Å². The van der Waals surface area contributed by atoms with Gasteiger partial charge in [0.05, 0.1) is 0 Å². The number of hydrogen-bond acceptors (Lipinski definition) is 3. The molecule has 0 spiro atoms. The number of carbonyl (C=O) groups excluding carboxylic acids is 1. The second kappa shape index (κ2) is 4.94. The lowest BCUT2D eigenvalue weighted by molar-refractivity contribution is -0.144. The van der Waals surface area contributed by atoms with Gasteiger partial charge in [-0.05, 0) is 48.5 Å². The van der Waals surface area contributed by atoms with Gasteiger partial charge in [0.15, 0.2) is 0 Å². The number of carbonyl (C=O) groups is 2. The van der Waals surface area contributed by atoms with Gasteiger partial charge in [0.25, 0.3) is 0 Å². The van der Waals surface area contributed by atoms with E-state index in [4.69, 9.17) is 9.84 Å². The lowest BCUT2D eigenvalue weighted by Gasteiger charge is -2.39. The highest BCUT2D eigenvalue weighted by Gasteiger charge is 2.37. The maximum absolute atomic E-state index is 12.0. The van der Waals surface area contributed by atoms with Crippen molar-refractivity contribution in [2.24, 2.45) is 0 Å². The fourth-order valence-electron chi connectivity index (χ4n) is 1.43. The third kappa shape index (κ3) is 5.06. The number of amides is 1. The standard InChI is InChI=1S/C12H23NO4/c1-8(9(14)15)13(11(2,3)4)10(16)17-12(5,6)7/h8H,1-7H3,(H,14,15)/t8-/m0/s1. The molecule has 0 aliphatic heterocycles. The summed E-state index contributed by atoms with van der Waals surface area (Å²) in [7, 11) is 0. The van der Waals surface area contributed by atoms with Crippen LogP contribution in [0.1, 0.15) is 48.5 Å². The summed E-state index contributed by atoms with van der Waals surface area (Å²) in [5.74, 6) is -1.05. The Bertz CT molecular complexity index is 299. The average molecular weight is 245 g/mol. The molecule has 0 aliphatic rings. The molecule has 5 nitrogen and oxygen atoms in total. The molecule has 1 atom stereocenters. The highest BCUT2D eigenvalue weighted by Crippen LogP contribution is 2.21. The Balaban J connectivity index is 5.09. The molecule has 0 aliphatic carbocycles. The molecular weight excluding hydrogens is 222 g/mol. The number of carboxylic acids is 1. The summed E-state index contributed by atoms with van der Waals surface area (Å²) < 4.78 is 5.22. The molecule has 0 aromatic rings. The van der Waals surface area contributed by atoms with E-state index in [0.29, 0.717) is 0 Å². The van der Waals surface area contributed by atoms with Crippen LogP contribution in [0.4, 0.5) is 4.79 Å². The van der Waals surface area contributed by atoms with Gasteiger partial charge in [0, 0.05) is 5.54 Å². The van der Waals surface area contributed by atoms with Gasteiger partial charge in [0.1, 0.15) is 11.6 Å². The van der Waals surface area contributed by atoms with Crippen LogP contribution >= 0.6 is 0 Å². The maximum atomic E-state index is 12.0. The Morgan fingerprint density at radius 3 is 1.76 bits per heavy atom. The molecule has 0 bridgehead atoms. The normalized spacial score (nSPS) is 14.1. The van der Waals surface area contributed by atoms with Crippen molar-refractivity contribution in [2.75, 3.05) is 0 Å². The SMILES string of the molecule is C[C@@H](C(=O)O)N(C(=O)OC(C)(C)C)C(C)(C)C. The lowest BCUT2D eigenvalue weighted by atomic mass is 10.0. The molecule has 1 amide bonds. The average Bonchev–Trinajstić information content (AvgIpc) is 1.96. The van der Waals surface area contributed by atoms with Gasteiger partial charge in [-0.15, -0.1) is 0 Å².